The molecule has 1 fully saturated rings. The van der Waals surface area contributed by atoms with Gasteiger partial charge in [-0.25, -0.2) is 13.6 Å². The molecule has 0 spiro atoms. The van der Waals surface area contributed by atoms with Crippen LogP contribution in [0.2, 0.25) is 0 Å². The second-order valence-corrected chi connectivity index (χ2v) is 5.98. The van der Waals surface area contributed by atoms with Gasteiger partial charge in [-0.3, -0.25) is 9.69 Å². The second kappa shape index (κ2) is 6.23. The van der Waals surface area contributed by atoms with Crippen LogP contribution in [0.15, 0.2) is 18.2 Å². The number of halogens is 2. The Morgan fingerprint density at radius 3 is 2.26 bits per heavy atom. The van der Waals surface area contributed by atoms with Crippen LogP contribution in [0.4, 0.5) is 13.6 Å². The number of nitrogens with one attached hydrogen (secondary N) is 1. The van der Waals surface area contributed by atoms with Crippen molar-refractivity contribution >= 4 is 11.9 Å². The maximum absolute atomic E-state index is 13.7. The number of urea groups is 1. The standard InChI is InChI=1S/C16H20F2N2O3/c1-4-16(9(2)3)14(22)20(15(23)19-16)8-12(21)13-10(17)6-5-7-11(13)18/h5-7,9,12,21H,4,8H2,1-3H3,(H,19,23). The summed E-state index contributed by atoms with van der Waals surface area (Å²) in [4.78, 5) is 25.5. The summed E-state index contributed by atoms with van der Waals surface area (Å²) in [5.41, 5.74) is -1.60. The van der Waals surface area contributed by atoms with Crippen LogP contribution in [0.3, 0.4) is 0 Å². The fourth-order valence-corrected chi connectivity index (χ4v) is 2.94. The van der Waals surface area contributed by atoms with Crippen LogP contribution in [0.1, 0.15) is 38.9 Å². The van der Waals surface area contributed by atoms with Gasteiger partial charge in [-0.2, -0.15) is 0 Å². The molecule has 2 unspecified atom stereocenters. The average molecular weight is 326 g/mol. The molecule has 1 aliphatic heterocycles. The Kier molecular flexibility index (Phi) is 4.70. The summed E-state index contributed by atoms with van der Waals surface area (Å²) < 4.78 is 27.4. The summed E-state index contributed by atoms with van der Waals surface area (Å²) in [7, 11) is 0. The van der Waals surface area contributed by atoms with Crippen LogP contribution in [0.5, 0.6) is 0 Å². The van der Waals surface area contributed by atoms with Crippen LogP contribution in [0, 0.1) is 17.6 Å². The molecule has 2 rings (SSSR count). The van der Waals surface area contributed by atoms with Gasteiger partial charge in [-0.05, 0) is 24.5 Å². The molecular weight excluding hydrogens is 306 g/mol. The number of aliphatic hydroxyl groups excluding tert-OH is 1. The number of hydrogen-bond donors (Lipinski definition) is 2. The van der Waals surface area contributed by atoms with Gasteiger partial charge in [0.15, 0.2) is 0 Å². The molecule has 126 valence electrons. The van der Waals surface area contributed by atoms with E-state index in [4.69, 9.17) is 0 Å². The Balaban J connectivity index is 2.27. The van der Waals surface area contributed by atoms with Crippen molar-refractivity contribution < 1.29 is 23.5 Å². The fourth-order valence-electron chi connectivity index (χ4n) is 2.94. The summed E-state index contributed by atoms with van der Waals surface area (Å²) in [5, 5.41) is 12.7. The van der Waals surface area contributed by atoms with Crippen molar-refractivity contribution in [2.24, 2.45) is 5.92 Å². The minimum Gasteiger partial charge on any atom is -0.386 e. The molecule has 0 bridgehead atoms. The normalized spacial score (nSPS) is 22.7. The Morgan fingerprint density at radius 2 is 1.83 bits per heavy atom. The maximum atomic E-state index is 13.7. The predicted octanol–water partition coefficient (Wildman–Crippen LogP) is 2.35. The van der Waals surface area contributed by atoms with Crippen LogP contribution in [-0.4, -0.2) is 34.0 Å². The summed E-state index contributed by atoms with van der Waals surface area (Å²) in [6.07, 6.45) is -1.25. The molecule has 2 atom stereocenters. The highest BCUT2D eigenvalue weighted by molar-refractivity contribution is 6.07. The van der Waals surface area contributed by atoms with E-state index >= 15 is 0 Å². The number of carbonyl (C=O) groups excluding carboxylic acids is 2. The molecule has 3 amide bonds. The third kappa shape index (κ3) is 2.81. The van der Waals surface area contributed by atoms with Gasteiger partial charge in [-0.15, -0.1) is 0 Å². The molecule has 0 saturated carbocycles. The first kappa shape index (κ1) is 17.3. The zero-order valence-electron chi connectivity index (χ0n) is 13.3. The first-order valence-corrected chi connectivity index (χ1v) is 7.50. The Bertz CT molecular complexity index is 616. The van der Waals surface area contributed by atoms with Crippen molar-refractivity contribution in [3.8, 4) is 0 Å². The van der Waals surface area contributed by atoms with Crippen LogP contribution < -0.4 is 5.32 Å². The van der Waals surface area contributed by atoms with E-state index in [0.29, 0.717) is 6.42 Å². The van der Waals surface area contributed by atoms with Crippen molar-refractivity contribution in [3.05, 3.63) is 35.4 Å². The van der Waals surface area contributed by atoms with E-state index in [1.807, 2.05) is 0 Å². The van der Waals surface area contributed by atoms with E-state index < -0.39 is 47.3 Å². The summed E-state index contributed by atoms with van der Waals surface area (Å²) >= 11 is 0. The number of nitrogens with zero attached hydrogens (tertiary/aromatic N) is 1. The first-order valence-electron chi connectivity index (χ1n) is 7.50. The summed E-state index contributed by atoms with van der Waals surface area (Å²) in [5.74, 6) is -2.49. The molecule has 0 aromatic heterocycles. The quantitative estimate of drug-likeness (QED) is 0.816. The lowest BCUT2D eigenvalue weighted by Crippen LogP contribution is -2.51. The van der Waals surface area contributed by atoms with Crippen LogP contribution in [-0.2, 0) is 4.79 Å². The molecular formula is C16H20F2N2O3. The molecule has 1 saturated heterocycles. The summed E-state index contributed by atoms with van der Waals surface area (Å²) in [6.45, 7) is 4.88. The van der Waals surface area contributed by atoms with Gasteiger partial charge < -0.3 is 10.4 Å². The average Bonchev–Trinajstić information content (AvgIpc) is 2.72. The van der Waals surface area contributed by atoms with Gasteiger partial charge in [0.05, 0.1) is 12.1 Å². The lowest BCUT2D eigenvalue weighted by Gasteiger charge is -2.29. The maximum Gasteiger partial charge on any atom is 0.325 e. The molecule has 2 N–H and O–H groups in total. The van der Waals surface area contributed by atoms with Crippen LogP contribution >= 0.6 is 0 Å². The molecule has 0 aliphatic carbocycles. The lowest BCUT2D eigenvalue weighted by molar-refractivity contribution is -0.134. The molecule has 1 aliphatic rings. The molecule has 1 heterocycles. The van der Waals surface area contributed by atoms with Gasteiger partial charge in [0.2, 0.25) is 0 Å². The summed E-state index contributed by atoms with van der Waals surface area (Å²) in [6, 6.07) is 2.53. The van der Waals surface area contributed by atoms with Crippen molar-refractivity contribution in [3.63, 3.8) is 0 Å². The number of carbonyl (C=O) groups is 2. The Hall–Kier alpha value is -2.02. The highest BCUT2D eigenvalue weighted by atomic mass is 19.1. The smallest absolute Gasteiger partial charge is 0.325 e. The molecule has 1 aromatic rings. The minimum atomic E-state index is -1.63. The molecule has 7 heteroatoms. The molecule has 1 aromatic carbocycles. The zero-order valence-corrected chi connectivity index (χ0v) is 13.3. The van der Waals surface area contributed by atoms with Gasteiger partial charge in [-0.1, -0.05) is 26.8 Å². The number of β-amino-alcohol motifs (C(OH)–C–C–N with tert-alkyl or cyclic N) is 1. The Morgan fingerprint density at radius 1 is 1.26 bits per heavy atom. The molecule has 0 radical (unpaired) electrons. The van der Waals surface area contributed by atoms with E-state index in [-0.39, 0.29) is 5.92 Å². The highest BCUT2D eigenvalue weighted by Gasteiger charge is 2.52. The van der Waals surface area contributed by atoms with Crippen molar-refractivity contribution in [2.75, 3.05) is 6.54 Å². The lowest BCUT2D eigenvalue weighted by atomic mass is 9.84. The molecule has 5 nitrogen and oxygen atoms in total. The van der Waals surface area contributed by atoms with E-state index in [1.165, 1.54) is 6.07 Å². The number of hydrogen-bond acceptors (Lipinski definition) is 3. The number of rotatable bonds is 5. The van der Waals surface area contributed by atoms with E-state index in [2.05, 4.69) is 5.32 Å². The van der Waals surface area contributed by atoms with Gasteiger partial charge in [0, 0.05) is 0 Å². The SMILES string of the molecule is CCC1(C(C)C)NC(=O)N(CC(O)c2c(F)cccc2F)C1=O. The molecule has 23 heavy (non-hydrogen) atoms. The number of benzene rings is 1. The van der Waals surface area contributed by atoms with Crippen LogP contribution in [0.25, 0.3) is 0 Å². The minimum absolute atomic E-state index is 0.156. The van der Waals surface area contributed by atoms with Crippen molar-refractivity contribution in [1.29, 1.82) is 0 Å². The van der Waals surface area contributed by atoms with E-state index in [1.54, 1.807) is 20.8 Å². The largest absolute Gasteiger partial charge is 0.386 e. The second-order valence-electron chi connectivity index (χ2n) is 5.98. The zero-order chi connectivity index (χ0) is 17.4. The first-order chi connectivity index (χ1) is 10.7. The topological polar surface area (TPSA) is 69.6 Å². The van der Waals surface area contributed by atoms with Crippen molar-refractivity contribution in [2.45, 2.75) is 38.8 Å². The Labute approximate surface area is 133 Å². The van der Waals surface area contributed by atoms with Crippen molar-refractivity contribution in [1.82, 2.24) is 10.2 Å². The van der Waals surface area contributed by atoms with E-state index in [9.17, 15) is 23.5 Å². The third-order valence-corrected chi connectivity index (χ3v) is 4.43. The number of imide groups is 1. The van der Waals surface area contributed by atoms with Gasteiger partial charge in [0.1, 0.15) is 23.3 Å². The predicted molar refractivity (Wildman–Crippen MR) is 79.4 cm³/mol. The monoisotopic (exact) mass is 326 g/mol. The number of aliphatic hydroxyl groups is 1. The highest BCUT2D eigenvalue weighted by Crippen LogP contribution is 2.31. The van der Waals surface area contributed by atoms with E-state index in [0.717, 1.165) is 17.0 Å². The van der Waals surface area contributed by atoms with Gasteiger partial charge in [0.25, 0.3) is 5.91 Å². The fraction of sp³-hybridized carbons (Fsp3) is 0.500. The third-order valence-electron chi connectivity index (χ3n) is 4.43. The number of amides is 3. The van der Waals surface area contributed by atoms with Gasteiger partial charge >= 0.3 is 6.03 Å².